The summed E-state index contributed by atoms with van der Waals surface area (Å²) < 4.78 is 28.4. The van der Waals surface area contributed by atoms with E-state index in [2.05, 4.69) is 37.5 Å². The Hall–Kier alpha value is -0.280. The second kappa shape index (κ2) is 13.0. The number of hydrogen-bond donors (Lipinski definition) is 0. The number of morpholine rings is 2. The van der Waals surface area contributed by atoms with Crippen LogP contribution in [0.15, 0.2) is 0 Å². The molecule has 0 N–H and O–H groups in total. The van der Waals surface area contributed by atoms with Crippen molar-refractivity contribution in [2.75, 3.05) is 78.9 Å². The maximum Gasteiger partial charge on any atom is 0.0701 e. The Morgan fingerprint density at radius 3 is 1.19 bits per heavy atom. The summed E-state index contributed by atoms with van der Waals surface area (Å²) in [6, 6.07) is 0. The van der Waals surface area contributed by atoms with Crippen LogP contribution in [0.4, 0.5) is 0 Å². The fourth-order valence-electron chi connectivity index (χ4n) is 3.86. The summed E-state index contributed by atoms with van der Waals surface area (Å²) >= 11 is 0. The molecule has 0 saturated carbocycles. The lowest BCUT2D eigenvalue weighted by Gasteiger charge is -2.35. The molecule has 2 saturated heterocycles. The summed E-state index contributed by atoms with van der Waals surface area (Å²) in [6.45, 7) is 18.4. The Morgan fingerprint density at radius 2 is 0.852 bits per heavy atom. The van der Waals surface area contributed by atoms with Crippen molar-refractivity contribution in [2.45, 2.75) is 52.1 Å². The van der Waals surface area contributed by atoms with Crippen LogP contribution < -0.4 is 0 Å². The Kier molecular flexibility index (Phi) is 11.1. The van der Waals surface area contributed by atoms with Gasteiger partial charge in [0.1, 0.15) is 0 Å². The van der Waals surface area contributed by atoms with Gasteiger partial charge in [0.15, 0.2) is 0 Å². The Labute approximate surface area is 165 Å². The summed E-state index contributed by atoms with van der Waals surface area (Å²) in [7, 11) is 0. The van der Waals surface area contributed by atoms with Crippen LogP contribution in [0.5, 0.6) is 0 Å². The van der Waals surface area contributed by atoms with E-state index in [0.717, 1.165) is 52.5 Å². The molecule has 2 fully saturated rings. The first-order valence-electron chi connectivity index (χ1n) is 10.5. The van der Waals surface area contributed by atoms with Gasteiger partial charge in [-0.3, -0.25) is 9.80 Å². The zero-order chi connectivity index (χ0) is 19.5. The fraction of sp³-hybridized carbons (Fsp3) is 1.00. The van der Waals surface area contributed by atoms with Crippen LogP contribution in [0, 0.1) is 0 Å². The van der Waals surface area contributed by atoms with Gasteiger partial charge in [-0.2, -0.15) is 0 Å². The number of rotatable bonds is 12. The molecule has 27 heavy (non-hydrogen) atoms. The molecule has 160 valence electrons. The average molecular weight is 389 g/mol. The Balaban J connectivity index is 1.34. The van der Waals surface area contributed by atoms with E-state index in [9.17, 15) is 0 Å². The predicted octanol–water partition coefficient (Wildman–Crippen LogP) is 1.25. The molecule has 4 unspecified atom stereocenters. The van der Waals surface area contributed by atoms with Gasteiger partial charge in [0.05, 0.1) is 64.1 Å². The van der Waals surface area contributed by atoms with Gasteiger partial charge in [0.2, 0.25) is 0 Å². The molecule has 0 aromatic carbocycles. The molecule has 0 bridgehead atoms. The van der Waals surface area contributed by atoms with Crippen LogP contribution in [0.1, 0.15) is 27.7 Å². The monoisotopic (exact) mass is 388 g/mol. The molecule has 0 spiro atoms. The van der Waals surface area contributed by atoms with Gasteiger partial charge in [0, 0.05) is 39.3 Å². The van der Waals surface area contributed by atoms with Crippen LogP contribution in [0.2, 0.25) is 0 Å². The van der Waals surface area contributed by atoms with Crippen molar-refractivity contribution in [3.63, 3.8) is 0 Å². The molecule has 0 aromatic rings. The third kappa shape index (κ3) is 10.2. The average Bonchev–Trinajstić information content (AvgIpc) is 2.58. The minimum Gasteiger partial charge on any atom is -0.378 e. The minimum atomic E-state index is 0.312. The topological polar surface area (TPSA) is 52.6 Å². The van der Waals surface area contributed by atoms with Gasteiger partial charge in [-0.25, -0.2) is 0 Å². The van der Waals surface area contributed by atoms with Crippen LogP contribution in [-0.2, 0) is 23.7 Å². The van der Waals surface area contributed by atoms with Crippen LogP contribution in [0.3, 0.4) is 0 Å². The van der Waals surface area contributed by atoms with Crippen LogP contribution in [-0.4, -0.2) is 113 Å². The molecule has 7 nitrogen and oxygen atoms in total. The van der Waals surface area contributed by atoms with Gasteiger partial charge in [-0.15, -0.1) is 0 Å². The van der Waals surface area contributed by atoms with E-state index in [-0.39, 0.29) is 0 Å². The van der Waals surface area contributed by atoms with Crippen molar-refractivity contribution >= 4 is 0 Å². The highest BCUT2D eigenvalue weighted by Crippen LogP contribution is 2.10. The zero-order valence-electron chi connectivity index (χ0n) is 17.7. The van der Waals surface area contributed by atoms with Crippen molar-refractivity contribution in [1.29, 1.82) is 0 Å². The minimum absolute atomic E-state index is 0.312. The first kappa shape index (κ1) is 23.0. The third-order valence-corrected chi connectivity index (χ3v) is 4.84. The normalized spacial score (nSPS) is 30.7. The molecule has 7 heteroatoms. The van der Waals surface area contributed by atoms with Gasteiger partial charge < -0.3 is 23.7 Å². The second-order valence-corrected chi connectivity index (χ2v) is 7.87. The summed E-state index contributed by atoms with van der Waals surface area (Å²) in [5.41, 5.74) is 0. The predicted molar refractivity (Wildman–Crippen MR) is 105 cm³/mol. The lowest BCUT2D eigenvalue weighted by molar-refractivity contribution is -0.0757. The first-order valence-corrected chi connectivity index (χ1v) is 10.5. The second-order valence-electron chi connectivity index (χ2n) is 7.87. The summed E-state index contributed by atoms with van der Waals surface area (Å²) in [5.74, 6) is 0. The highest BCUT2D eigenvalue weighted by Gasteiger charge is 2.22. The van der Waals surface area contributed by atoms with Gasteiger partial charge in [-0.1, -0.05) is 0 Å². The molecule has 0 radical (unpaired) electrons. The van der Waals surface area contributed by atoms with E-state index >= 15 is 0 Å². The maximum absolute atomic E-state index is 5.74. The lowest BCUT2D eigenvalue weighted by Crippen LogP contribution is -2.46. The van der Waals surface area contributed by atoms with Crippen molar-refractivity contribution in [3.8, 4) is 0 Å². The molecule has 2 aliphatic rings. The van der Waals surface area contributed by atoms with Crippen LogP contribution in [0.25, 0.3) is 0 Å². The largest absolute Gasteiger partial charge is 0.378 e. The first-order chi connectivity index (χ1) is 13.0. The highest BCUT2D eigenvalue weighted by molar-refractivity contribution is 4.73. The zero-order valence-corrected chi connectivity index (χ0v) is 17.7. The molecule has 0 aliphatic carbocycles. The summed E-state index contributed by atoms with van der Waals surface area (Å²) in [4.78, 5) is 4.81. The molecular formula is C20H40N2O5. The van der Waals surface area contributed by atoms with E-state index in [1.165, 1.54) is 0 Å². The standard InChI is InChI=1S/C20H40N2O5/c1-17-13-21(14-18(2)26-17)5-7-23-9-11-25-12-10-24-8-6-22-15-19(3)27-20(4)16-22/h17-20H,5-16H2,1-4H3. The fourth-order valence-corrected chi connectivity index (χ4v) is 3.86. The SMILES string of the molecule is CC1CN(CCOCCOCCOCCN2CC(C)OC(C)C2)CC(C)O1. The van der Waals surface area contributed by atoms with E-state index in [1.54, 1.807) is 0 Å². The summed E-state index contributed by atoms with van der Waals surface area (Å²) in [6.07, 6.45) is 1.25. The maximum atomic E-state index is 5.74. The van der Waals surface area contributed by atoms with Crippen molar-refractivity contribution < 1.29 is 23.7 Å². The molecule has 2 aliphatic heterocycles. The van der Waals surface area contributed by atoms with E-state index < -0.39 is 0 Å². The molecule has 2 rings (SSSR count). The Bertz CT molecular complexity index is 333. The van der Waals surface area contributed by atoms with E-state index in [4.69, 9.17) is 23.7 Å². The van der Waals surface area contributed by atoms with Crippen LogP contribution >= 0.6 is 0 Å². The quantitative estimate of drug-likeness (QED) is 0.467. The number of nitrogens with zero attached hydrogens (tertiary/aromatic N) is 2. The number of ether oxygens (including phenoxy) is 5. The lowest BCUT2D eigenvalue weighted by atomic mass is 10.2. The van der Waals surface area contributed by atoms with Crippen molar-refractivity contribution in [2.24, 2.45) is 0 Å². The molecule has 0 aromatic heterocycles. The van der Waals surface area contributed by atoms with Crippen molar-refractivity contribution in [3.05, 3.63) is 0 Å². The Morgan fingerprint density at radius 1 is 0.556 bits per heavy atom. The highest BCUT2D eigenvalue weighted by atomic mass is 16.5. The molecule has 4 atom stereocenters. The number of hydrogen-bond acceptors (Lipinski definition) is 7. The van der Waals surface area contributed by atoms with Gasteiger partial charge in [0.25, 0.3) is 0 Å². The van der Waals surface area contributed by atoms with E-state index in [1.807, 2.05) is 0 Å². The van der Waals surface area contributed by atoms with Crippen molar-refractivity contribution in [1.82, 2.24) is 9.80 Å². The van der Waals surface area contributed by atoms with Gasteiger partial charge in [-0.05, 0) is 27.7 Å². The van der Waals surface area contributed by atoms with Gasteiger partial charge >= 0.3 is 0 Å². The molecule has 2 heterocycles. The van der Waals surface area contributed by atoms with E-state index in [0.29, 0.717) is 50.8 Å². The summed E-state index contributed by atoms with van der Waals surface area (Å²) in [5, 5.41) is 0. The molecule has 0 amide bonds. The molecular weight excluding hydrogens is 348 g/mol. The smallest absolute Gasteiger partial charge is 0.0701 e. The third-order valence-electron chi connectivity index (χ3n) is 4.84.